The van der Waals surface area contributed by atoms with Gasteiger partial charge in [-0.3, -0.25) is 0 Å². The molecule has 0 unspecified atom stereocenters. The van der Waals surface area contributed by atoms with Crippen molar-refractivity contribution in [3.63, 3.8) is 0 Å². The molecule has 1 aliphatic carbocycles. The van der Waals surface area contributed by atoms with Crippen LogP contribution in [0.2, 0.25) is 0 Å². The Labute approximate surface area is 107 Å². The lowest BCUT2D eigenvalue weighted by molar-refractivity contribution is 0.266. The van der Waals surface area contributed by atoms with Crippen LogP contribution < -0.4 is 5.32 Å². The fourth-order valence-electron chi connectivity index (χ4n) is 1.75. The second kappa shape index (κ2) is 4.53. The molecule has 1 aromatic rings. The Morgan fingerprint density at radius 2 is 1.94 bits per heavy atom. The summed E-state index contributed by atoms with van der Waals surface area (Å²) in [6.45, 7) is 0.0172. The van der Waals surface area contributed by atoms with Crippen LogP contribution in [0.15, 0.2) is 29.2 Å². The van der Waals surface area contributed by atoms with E-state index >= 15 is 0 Å². The summed E-state index contributed by atoms with van der Waals surface area (Å²) in [5.41, 5.74) is 0.218. The van der Waals surface area contributed by atoms with Gasteiger partial charge in [0.25, 0.3) is 0 Å². The van der Waals surface area contributed by atoms with Crippen molar-refractivity contribution in [2.75, 3.05) is 26.0 Å². The van der Waals surface area contributed by atoms with Crippen molar-refractivity contribution in [1.29, 1.82) is 0 Å². The summed E-state index contributed by atoms with van der Waals surface area (Å²) in [4.78, 5) is 0.245. The van der Waals surface area contributed by atoms with Gasteiger partial charge in [-0.2, -0.15) is 0 Å². The number of rotatable bonds is 5. The molecule has 6 heteroatoms. The molecule has 5 nitrogen and oxygen atoms in total. The maximum Gasteiger partial charge on any atom is 0.244 e. The molecule has 1 fully saturated rings. The number of anilines is 1. The Morgan fingerprint density at radius 1 is 1.33 bits per heavy atom. The molecule has 1 saturated carbocycles. The van der Waals surface area contributed by atoms with E-state index in [1.807, 2.05) is 0 Å². The van der Waals surface area contributed by atoms with E-state index in [-0.39, 0.29) is 17.0 Å². The van der Waals surface area contributed by atoms with E-state index in [9.17, 15) is 13.5 Å². The molecule has 0 amide bonds. The number of aliphatic hydroxyl groups is 1. The van der Waals surface area contributed by atoms with Gasteiger partial charge in [0, 0.05) is 14.1 Å². The molecule has 2 rings (SSSR count). The quantitative estimate of drug-likeness (QED) is 0.833. The predicted molar refractivity (Wildman–Crippen MR) is 70.0 cm³/mol. The molecule has 18 heavy (non-hydrogen) atoms. The lowest BCUT2D eigenvalue weighted by Crippen LogP contribution is -2.28. The number of sulfonamides is 1. The lowest BCUT2D eigenvalue weighted by atomic mass is 10.2. The SMILES string of the molecule is CN(C)S(=O)(=O)c1ccccc1NC1(CO)CC1. The van der Waals surface area contributed by atoms with E-state index in [1.165, 1.54) is 18.4 Å². The maximum atomic E-state index is 12.2. The summed E-state index contributed by atoms with van der Waals surface area (Å²) in [7, 11) is -0.461. The molecule has 1 aromatic carbocycles. The predicted octanol–water partition coefficient (Wildman–Crippen LogP) is 0.874. The third-order valence-corrected chi connectivity index (χ3v) is 5.07. The van der Waals surface area contributed by atoms with Gasteiger partial charge >= 0.3 is 0 Å². The first-order valence-corrected chi connectivity index (χ1v) is 7.26. The molecular weight excluding hydrogens is 252 g/mol. The van der Waals surface area contributed by atoms with Gasteiger partial charge in [-0.05, 0) is 25.0 Å². The number of hydrogen-bond donors (Lipinski definition) is 2. The highest BCUT2D eigenvalue weighted by Crippen LogP contribution is 2.39. The minimum absolute atomic E-state index is 0.0172. The van der Waals surface area contributed by atoms with Gasteiger partial charge in [-0.1, -0.05) is 12.1 Å². The molecule has 2 N–H and O–H groups in total. The molecule has 0 heterocycles. The third-order valence-electron chi connectivity index (χ3n) is 3.20. The monoisotopic (exact) mass is 270 g/mol. The average molecular weight is 270 g/mol. The second-order valence-electron chi connectivity index (χ2n) is 4.85. The van der Waals surface area contributed by atoms with Crippen LogP contribution in [-0.2, 0) is 10.0 Å². The van der Waals surface area contributed by atoms with E-state index in [0.717, 1.165) is 12.8 Å². The van der Waals surface area contributed by atoms with Crippen molar-refractivity contribution in [2.24, 2.45) is 0 Å². The standard InChI is InChI=1S/C12H18N2O3S/c1-14(2)18(16,17)11-6-4-3-5-10(11)13-12(9-15)7-8-12/h3-6,13,15H,7-9H2,1-2H3. The van der Waals surface area contributed by atoms with E-state index in [4.69, 9.17) is 0 Å². The summed E-state index contributed by atoms with van der Waals surface area (Å²) < 4.78 is 25.5. The summed E-state index contributed by atoms with van der Waals surface area (Å²) in [5.74, 6) is 0. The highest BCUT2D eigenvalue weighted by molar-refractivity contribution is 7.89. The molecule has 0 aliphatic heterocycles. The van der Waals surface area contributed by atoms with E-state index in [0.29, 0.717) is 5.69 Å². The number of benzene rings is 1. The summed E-state index contributed by atoms with van der Waals surface area (Å²) in [5, 5.41) is 12.5. The van der Waals surface area contributed by atoms with Crippen molar-refractivity contribution in [2.45, 2.75) is 23.3 Å². The fraction of sp³-hybridized carbons (Fsp3) is 0.500. The van der Waals surface area contributed by atoms with Gasteiger partial charge < -0.3 is 10.4 Å². The van der Waals surface area contributed by atoms with Gasteiger partial charge in [-0.25, -0.2) is 12.7 Å². The van der Waals surface area contributed by atoms with Gasteiger partial charge in [0.2, 0.25) is 10.0 Å². The van der Waals surface area contributed by atoms with Crippen LogP contribution in [0.1, 0.15) is 12.8 Å². The Bertz CT molecular complexity index is 536. The Hall–Kier alpha value is -1.11. The zero-order chi connectivity index (χ0) is 13.4. The number of aliphatic hydroxyl groups excluding tert-OH is 1. The first-order chi connectivity index (χ1) is 8.41. The Kier molecular flexibility index (Phi) is 3.35. The highest BCUT2D eigenvalue weighted by Gasteiger charge is 2.42. The summed E-state index contributed by atoms with van der Waals surface area (Å²) in [6, 6.07) is 6.78. The highest BCUT2D eigenvalue weighted by atomic mass is 32.2. The molecule has 0 radical (unpaired) electrons. The van der Waals surface area contributed by atoms with E-state index in [2.05, 4.69) is 5.32 Å². The van der Waals surface area contributed by atoms with Gasteiger partial charge in [-0.15, -0.1) is 0 Å². The normalized spacial score (nSPS) is 17.8. The van der Waals surface area contributed by atoms with Gasteiger partial charge in [0.05, 0.1) is 17.8 Å². The fourth-order valence-corrected chi connectivity index (χ4v) is 2.79. The first kappa shape index (κ1) is 13.3. The number of nitrogens with zero attached hydrogens (tertiary/aromatic N) is 1. The summed E-state index contributed by atoms with van der Waals surface area (Å²) >= 11 is 0. The topological polar surface area (TPSA) is 69.6 Å². The second-order valence-corrected chi connectivity index (χ2v) is 6.97. The molecule has 0 saturated heterocycles. The van der Waals surface area contributed by atoms with Gasteiger partial charge in [0.15, 0.2) is 0 Å². The maximum absolute atomic E-state index is 12.2. The number of hydrogen-bond acceptors (Lipinski definition) is 4. The molecular formula is C12H18N2O3S. The van der Waals surface area contributed by atoms with Crippen molar-refractivity contribution >= 4 is 15.7 Å². The summed E-state index contributed by atoms with van der Waals surface area (Å²) in [6.07, 6.45) is 1.72. The molecule has 0 atom stereocenters. The minimum Gasteiger partial charge on any atom is -0.394 e. The Balaban J connectivity index is 2.38. The van der Waals surface area contributed by atoms with Gasteiger partial charge in [0.1, 0.15) is 4.90 Å². The number of nitrogens with one attached hydrogen (secondary N) is 1. The molecule has 100 valence electrons. The van der Waals surface area contributed by atoms with Crippen LogP contribution in [0.25, 0.3) is 0 Å². The molecule has 1 aliphatic rings. The largest absolute Gasteiger partial charge is 0.394 e. The van der Waals surface area contributed by atoms with Crippen LogP contribution in [0.4, 0.5) is 5.69 Å². The first-order valence-electron chi connectivity index (χ1n) is 5.82. The molecule has 0 bridgehead atoms. The minimum atomic E-state index is -3.47. The molecule has 0 spiro atoms. The van der Waals surface area contributed by atoms with Crippen LogP contribution in [0, 0.1) is 0 Å². The van der Waals surface area contributed by atoms with Crippen molar-refractivity contribution < 1.29 is 13.5 Å². The smallest absolute Gasteiger partial charge is 0.244 e. The van der Waals surface area contributed by atoms with Crippen molar-refractivity contribution in [1.82, 2.24) is 4.31 Å². The van der Waals surface area contributed by atoms with Crippen LogP contribution in [-0.4, -0.2) is 44.1 Å². The number of para-hydroxylation sites is 1. The zero-order valence-electron chi connectivity index (χ0n) is 10.5. The van der Waals surface area contributed by atoms with E-state index in [1.54, 1.807) is 24.3 Å². The lowest BCUT2D eigenvalue weighted by Gasteiger charge is -2.20. The van der Waals surface area contributed by atoms with Crippen LogP contribution in [0.3, 0.4) is 0 Å². The molecule has 0 aromatic heterocycles. The van der Waals surface area contributed by atoms with Crippen molar-refractivity contribution in [3.8, 4) is 0 Å². The Morgan fingerprint density at radius 3 is 2.44 bits per heavy atom. The van der Waals surface area contributed by atoms with Crippen LogP contribution in [0.5, 0.6) is 0 Å². The van der Waals surface area contributed by atoms with Crippen molar-refractivity contribution in [3.05, 3.63) is 24.3 Å². The van der Waals surface area contributed by atoms with Crippen LogP contribution >= 0.6 is 0 Å². The zero-order valence-corrected chi connectivity index (χ0v) is 11.4. The average Bonchev–Trinajstić information content (AvgIpc) is 3.10. The third kappa shape index (κ3) is 2.36. The van der Waals surface area contributed by atoms with E-state index < -0.39 is 10.0 Å².